The number of hydrogen-bond donors (Lipinski definition) is 1. The number of aryl methyl sites for hydroxylation is 1. The minimum Gasteiger partial charge on any atom is -0.496 e. The van der Waals surface area contributed by atoms with E-state index in [1.54, 1.807) is 14.2 Å². The molecule has 1 aromatic carbocycles. The van der Waals surface area contributed by atoms with Crippen molar-refractivity contribution < 1.29 is 9.47 Å². The predicted molar refractivity (Wildman–Crippen MR) is 74.3 cm³/mol. The van der Waals surface area contributed by atoms with E-state index in [4.69, 9.17) is 9.47 Å². The minimum absolute atomic E-state index is 0.353. The summed E-state index contributed by atoms with van der Waals surface area (Å²) >= 11 is 0. The summed E-state index contributed by atoms with van der Waals surface area (Å²) in [7, 11) is 3.38. The smallest absolute Gasteiger partial charge is 0.126 e. The highest BCUT2D eigenvalue weighted by atomic mass is 16.5. The van der Waals surface area contributed by atoms with Crippen molar-refractivity contribution in [2.24, 2.45) is 0 Å². The Morgan fingerprint density at radius 2 is 2.00 bits per heavy atom. The van der Waals surface area contributed by atoms with E-state index in [0.29, 0.717) is 6.04 Å². The Kier molecular flexibility index (Phi) is 3.92. The average molecular weight is 247 g/mol. The Labute approximate surface area is 109 Å². The van der Waals surface area contributed by atoms with E-state index in [-0.39, 0.29) is 0 Å². The second kappa shape index (κ2) is 5.44. The van der Waals surface area contributed by atoms with Crippen molar-refractivity contribution in [2.75, 3.05) is 20.8 Å². The number of hydrogen-bond acceptors (Lipinski definition) is 3. The number of methoxy groups -OCH3 is 2. The molecule has 0 amide bonds. The molecule has 1 heterocycles. The maximum Gasteiger partial charge on any atom is 0.126 e. The highest BCUT2D eigenvalue weighted by Crippen LogP contribution is 2.35. The quantitative estimate of drug-likeness (QED) is 0.887. The van der Waals surface area contributed by atoms with Crippen molar-refractivity contribution >= 4 is 5.57 Å². The molecule has 1 aromatic rings. The molecular formula is C15H21NO2. The summed E-state index contributed by atoms with van der Waals surface area (Å²) in [5, 5.41) is 3.46. The van der Waals surface area contributed by atoms with E-state index in [2.05, 4.69) is 11.9 Å². The molecule has 0 aliphatic carbocycles. The molecule has 1 unspecified atom stereocenters. The van der Waals surface area contributed by atoms with E-state index in [1.807, 2.05) is 19.1 Å². The zero-order chi connectivity index (χ0) is 13.1. The van der Waals surface area contributed by atoms with Crippen molar-refractivity contribution in [1.82, 2.24) is 5.32 Å². The normalized spacial score (nSPS) is 18.7. The van der Waals surface area contributed by atoms with E-state index in [0.717, 1.165) is 41.2 Å². The van der Waals surface area contributed by atoms with Crippen LogP contribution in [0.4, 0.5) is 0 Å². The SMILES string of the molecule is C=C(c1cc(OC)c(C)cc1OC)C1CCCN1. The van der Waals surface area contributed by atoms with Gasteiger partial charge in [-0.3, -0.25) is 0 Å². The van der Waals surface area contributed by atoms with Crippen molar-refractivity contribution in [3.8, 4) is 11.5 Å². The van der Waals surface area contributed by atoms with Gasteiger partial charge in [-0.05, 0) is 49.6 Å². The van der Waals surface area contributed by atoms with Gasteiger partial charge in [0.1, 0.15) is 11.5 Å². The van der Waals surface area contributed by atoms with Crippen molar-refractivity contribution in [2.45, 2.75) is 25.8 Å². The Morgan fingerprint density at radius 3 is 2.56 bits per heavy atom. The Balaban J connectivity index is 2.38. The summed E-state index contributed by atoms with van der Waals surface area (Å²) in [6.45, 7) is 7.30. The third-order valence-electron chi connectivity index (χ3n) is 3.54. The molecule has 0 radical (unpaired) electrons. The maximum atomic E-state index is 5.46. The lowest BCUT2D eigenvalue weighted by atomic mass is 9.96. The zero-order valence-electron chi connectivity index (χ0n) is 11.4. The first kappa shape index (κ1) is 13.0. The van der Waals surface area contributed by atoms with Crippen LogP contribution in [0.3, 0.4) is 0 Å². The molecule has 1 N–H and O–H groups in total. The van der Waals surface area contributed by atoms with E-state index in [1.165, 1.54) is 6.42 Å². The van der Waals surface area contributed by atoms with E-state index >= 15 is 0 Å². The molecule has 1 aliphatic rings. The fourth-order valence-corrected chi connectivity index (χ4v) is 2.47. The molecule has 2 rings (SSSR count). The molecule has 18 heavy (non-hydrogen) atoms. The summed E-state index contributed by atoms with van der Waals surface area (Å²) in [5.74, 6) is 1.75. The van der Waals surface area contributed by atoms with Crippen LogP contribution >= 0.6 is 0 Å². The highest BCUT2D eigenvalue weighted by Gasteiger charge is 2.21. The van der Waals surface area contributed by atoms with E-state index < -0.39 is 0 Å². The Hall–Kier alpha value is -1.48. The summed E-state index contributed by atoms with van der Waals surface area (Å²) < 4.78 is 10.8. The molecule has 3 nitrogen and oxygen atoms in total. The van der Waals surface area contributed by atoms with Crippen molar-refractivity contribution in [3.63, 3.8) is 0 Å². The van der Waals surface area contributed by atoms with Crippen LogP contribution in [-0.2, 0) is 0 Å². The average Bonchev–Trinajstić information content (AvgIpc) is 2.91. The van der Waals surface area contributed by atoms with Crippen molar-refractivity contribution in [1.29, 1.82) is 0 Å². The lowest BCUT2D eigenvalue weighted by Gasteiger charge is -2.19. The molecule has 1 atom stereocenters. The summed E-state index contributed by atoms with van der Waals surface area (Å²) in [5.41, 5.74) is 3.20. The van der Waals surface area contributed by atoms with Gasteiger partial charge < -0.3 is 14.8 Å². The standard InChI is InChI=1S/C15H21NO2/c1-10-8-15(18-4)12(9-14(10)17-3)11(2)13-6-5-7-16-13/h8-9,13,16H,2,5-7H2,1,3-4H3. The van der Waals surface area contributed by atoms with Crippen LogP contribution in [0.5, 0.6) is 11.5 Å². The minimum atomic E-state index is 0.353. The second-order valence-electron chi connectivity index (χ2n) is 4.70. The number of nitrogens with one attached hydrogen (secondary N) is 1. The second-order valence-corrected chi connectivity index (χ2v) is 4.70. The monoisotopic (exact) mass is 247 g/mol. The van der Waals surface area contributed by atoms with Gasteiger partial charge in [0.25, 0.3) is 0 Å². The molecule has 0 aromatic heterocycles. The van der Waals surface area contributed by atoms with Crippen LogP contribution in [0.15, 0.2) is 18.7 Å². The first-order chi connectivity index (χ1) is 8.67. The lowest BCUT2D eigenvalue weighted by molar-refractivity contribution is 0.399. The Bertz CT molecular complexity index is 448. The lowest BCUT2D eigenvalue weighted by Crippen LogP contribution is -2.22. The van der Waals surface area contributed by atoms with Crippen LogP contribution < -0.4 is 14.8 Å². The van der Waals surface area contributed by atoms with Crippen LogP contribution in [-0.4, -0.2) is 26.8 Å². The first-order valence-electron chi connectivity index (χ1n) is 6.32. The van der Waals surface area contributed by atoms with E-state index in [9.17, 15) is 0 Å². The van der Waals surface area contributed by atoms with Gasteiger partial charge in [0.2, 0.25) is 0 Å². The largest absolute Gasteiger partial charge is 0.496 e. The molecule has 1 saturated heterocycles. The van der Waals surface area contributed by atoms with Gasteiger partial charge >= 0.3 is 0 Å². The molecule has 0 saturated carbocycles. The number of benzene rings is 1. The third kappa shape index (κ3) is 2.36. The maximum absolute atomic E-state index is 5.46. The van der Waals surface area contributed by atoms with Crippen LogP contribution in [0, 0.1) is 6.92 Å². The predicted octanol–water partition coefficient (Wildman–Crippen LogP) is 2.78. The van der Waals surface area contributed by atoms with Gasteiger partial charge in [-0.15, -0.1) is 0 Å². The van der Waals surface area contributed by atoms with Crippen molar-refractivity contribution in [3.05, 3.63) is 29.8 Å². The van der Waals surface area contributed by atoms with Gasteiger partial charge in [0.05, 0.1) is 14.2 Å². The molecule has 0 spiro atoms. The molecule has 1 aliphatic heterocycles. The zero-order valence-corrected chi connectivity index (χ0v) is 11.4. The number of rotatable bonds is 4. The van der Waals surface area contributed by atoms with Crippen LogP contribution in [0.1, 0.15) is 24.0 Å². The fourth-order valence-electron chi connectivity index (χ4n) is 2.47. The molecule has 3 heteroatoms. The van der Waals surface area contributed by atoms with Gasteiger partial charge in [-0.1, -0.05) is 6.58 Å². The van der Waals surface area contributed by atoms with Crippen LogP contribution in [0.2, 0.25) is 0 Å². The fraction of sp³-hybridized carbons (Fsp3) is 0.467. The third-order valence-corrected chi connectivity index (χ3v) is 3.54. The number of ether oxygens (including phenoxy) is 2. The topological polar surface area (TPSA) is 30.5 Å². The van der Waals surface area contributed by atoms with Crippen LogP contribution in [0.25, 0.3) is 5.57 Å². The van der Waals surface area contributed by atoms with Gasteiger partial charge in [-0.2, -0.15) is 0 Å². The summed E-state index contributed by atoms with van der Waals surface area (Å²) in [4.78, 5) is 0. The summed E-state index contributed by atoms with van der Waals surface area (Å²) in [6, 6.07) is 4.39. The first-order valence-corrected chi connectivity index (χ1v) is 6.32. The molecule has 1 fully saturated rings. The Morgan fingerprint density at radius 1 is 1.28 bits per heavy atom. The van der Waals surface area contributed by atoms with Gasteiger partial charge in [-0.25, -0.2) is 0 Å². The van der Waals surface area contributed by atoms with Gasteiger partial charge in [0, 0.05) is 11.6 Å². The highest BCUT2D eigenvalue weighted by molar-refractivity contribution is 5.74. The molecular weight excluding hydrogens is 226 g/mol. The van der Waals surface area contributed by atoms with Gasteiger partial charge in [0.15, 0.2) is 0 Å². The summed E-state index contributed by atoms with van der Waals surface area (Å²) in [6.07, 6.45) is 2.34. The molecule has 0 bridgehead atoms. The molecule has 98 valence electrons.